The lowest BCUT2D eigenvalue weighted by molar-refractivity contribution is 0.288. The zero-order valence-electron chi connectivity index (χ0n) is 8.83. The fraction of sp³-hybridized carbons (Fsp3) is 0. The number of para-hydroxylation sites is 1. The molecule has 0 atom stereocenters. The number of rotatable bonds is 2. The Balaban J connectivity index is 2.20. The standard InChI is InChI=1S/C12H9BO4/c14-13(15)17-8-5-6-10-9-3-1-2-4-11(9)16-12(10)7-8/h1-7,14-15H. The Morgan fingerprint density at radius 2 is 1.71 bits per heavy atom. The molecule has 1 aromatic heterocycles. The first-order valence-electron chi connectivity index (χ1n) is 5.18. The maximum absolute atomic E-state index is 8.72. The highest BCUT2D eigenvalue weighted by Crippen LogP contribution is 2.30. The van der Waals surface area contributed by atoms with Crippen molar-refractivity contribution in [1.82, 2.24) is 0 Å². The number of furan rings is 1. The fourth-order valence-electron chi connectivity index (χ4n) is 1.90. The maximum Gasteiger partial charge on any atom is 0.707 e. The Hall–Kier alpha value is -1.98. The smallest absolute Gasteiger partial charge is 0.512 e. The first-order chi connectivity index (χ1) is 8.24. The van der Waals surface area contributed by atoms with Crippen LogP contribution >= 0.6 is 0 Å². The van der Waals surface area contributed by atoms with Gasteiger partial charge < -0.3 is 19.1 Å². The first kappa shape index (κ1) is 10.2. The van der Waals surface area contributed by atoms with E-state index in [9.17, 15) is 0 Å². The van der Waals surface area contributed by atoms with E-state index in [0.29, 0.717) is 11.3 Å². The normalized spacial score (nSPS) is 10.9. The summed E-state index contributed by atoms with van der Waals surface area (Å²) in [5, 5.41) is 19.4. The van der Waals surface area contributed by atoms with Crippen LogP contribution in [-0.2, 0) is 0 Å². The van der Waals surface area contributed by atoms with Crippen molar-refractivity contribution in [2.75, 3.05) is 0 Å². The van der Waals surface area contributed by atoms with Crippen molar-refractivity contribution >= 4 is 29.3 Å². The molecule has 0 bridgehead atoms. The summed E-state index contributed by atoms with van der Waals surface area (Å²) in [6.45, 7) is 0. The highest BCUT2D eigenvalue weighted by molar-refractivity contribution is 6.33. The van der Waals surface area contributed by atoms with Crippen molar-refractivity contribution in [3.63, 3.8) is 0 Å². The SMILES string of the molecule is OB(O)Oc1ccc2c(c1)oc1ccccc12. The summed E-state index contributed by atoms with van der Waals surface area (Å²) in [5.74, 6) is 0.353. The molecule has 0 amide bonds. The van der Waals surface area contributed by atoms with Gasteiger partial charge in [0, 0.05) is 16.8 Å². The summed E-state index contributed by atoms with van der Waals surface area (Å²) in [6, 6.07) is 12.8. The van der Waals surface area contributed by atoms with E-state index in [1.807, 2.05) is 30.3 Å². The molecule has 0 saturated heterocycles. The van der Waals surface area contributed by atoms with Crippen LogP contribution in [0, 0.1) is 0 Å². The van der Waals surface area contributed by atoms with Gasteiger partial charge in [0.25, 0.3) is 0 Å². The Kier molecular flexibility index (Phi) is 2.28. The maximum atomic E-state index is 8.72. The third-order valence-electron chi connectivity index (χ3n) is 2.59. The number of hydrogen-bond donors (Lipinski definition) is 2. The van der Waals surface area contributed by atoms with Gasteiger partial charge in [-0.05, 0) is 18.2 Å². The first-order valence-corrected chi connectivity index (χ1v) is 5.18. The van der Waals surface area contributed by atoms with Crippen LogP contribution in [0.3, 0.4) is 0 Å². The summed E-state index contributed by atoms with van der Waals surface area (Å²) in [7, 11) is -1.82. The van der Waals surface area contributed by atoms with Gasteiger partial charge in [-0.3, -0.25) is 0 Å². The van der Waals surface area contributed by atoms with Crippen molar-refractivity contribution in [2.45, 2.75) is 0 Å². The van der Waals surface area contributed by atoms with Gasteiger partial charge in [0.05, 0.1) is 0 Å². The molecule has 2 N–H and O–H groups in total. The molecule has 0 aliphatic heterocycles. The molecule has 3 aromatic rings. The minimum Gasteiger partial charge on any atom is -0.512 e. The molecule has 0 spiro atoms. The van der Waals surface area contributed by atoms with E-state index < -0.39 is 7.32 Å². The van der Waals surface area contributed by atoms with Crippen LogP contribution in [0.4, 0.5) is 0 Å². The Morgan fingerprint density at radius 1 is 0.941 bits per heavy atom. The minimum atomic E-state index is -1.82. The van der Waals surface area contributed by atoms with E-state index in [4.69, 9.17) is 19.1 Å². The monoisotopic (exact) mass is 228 g/mol. The van der Waals surface area contributed by atoms with E-state index in [1.54, 1.807) is 12.1 Å². The van der Waals surface area contributed by atoms with Gasteiger partial charge >= 0.3 is 7.32 Å². The van der Waals surface area contributed by atoms with E-state index in [1.165, 1.54) is 0 Å². The van der Waals surface area contributed by atoms with Crippen molar-refractivity contribution in [2.24, 2.45) is 0 Å². The fourth-order valence-corrected chi connectivity index (χ4v) is 1.90. The van der Waals surface area contributed by atoms with Gasteiger partial charge in [0.15, 0.2) is 0 Å². The minimum absolute atomic E-state index is 0.353. The third kappa shape index (κ3) is 1.75. The van der Waals surface area contributed by atoms with Crippen LogP contribution in [0.15, 0.2) is 46.9 Å². The lowest BCUT2D eigenvalue weighted by atomic mass is 10.1. The van der Waals surface area contributed by atoms with Gasteiger partial charge in [-0.25, -0.2) is 0 Å². The molecule has 2 aromatic carbocycles. The number of hydrogen-bond acceptors (Lipinski definition) is 4. The van der Waals surface area contributed by atoms with Crippen molar-refractivity contribution in [3.05, 3.63) is 42.5 Å². The van der Waals surface area contributed by atoms with Crippen LogP contribution < -0.4 is 4.65 Å². The molecule has 5 heteroatoms. The molecule has 17 heavy (non-hydrogen) atoms. The lowest BCUT2D eigenvalue weighted by Gasteiger charge is -2.03. The Morgan fingerprint density at radius 3 is 2.53 bits per heavy atom. The van der Waals surface area contributed by atoms with Crippen LogP contribution in [-0.4, -0.2) is 17.4 Å². The topological polar surface area (TPSA) is 62.8 Å². The van der Waals surface area contributed by atoms with E-state index >= 15 is 0 Å². The molecule has 0 aliphatic rings. The van der Waals surface area contributed by atoms with Gasteiger partial charge in [-0.1, -0.05) is 18.2 Å². The molecule has 1 heterocycles. The van der Waals surface area contributed by atoms with Gasteiger partial charge in [0.1, 0.15) is 16.9 Å². The second kappa shape index (κ2) is 3.80. The summed E-state index contributed by atoms with van der Waals surface area (Å²) < 4.78 is 10.4. The van der Waals surface area contributed by atoms with Gasteiger partial charge in [-0.2, -0.15) is 0 Å². The molecule has 0 radical (unpaired) electrons. The number of fused-ring (bicyclic) bond motifs is 3. The molecular formula is C12H9BO4. The van der Waals surface area contributed by atoms with Crippen LogP contribution in [0.25, 0.3) is 21.9 Å². The van der Waals surface area contributed by atoms with Crippen LogP contribution in [0.1, 0.15) is 0 Å². The van der Waals surface area contributed by atoms with Crippen molar-refractivity contribution in [3.8, 4) is 5.75 Å². The van der Waals surface area contributed by atoms with E-state index in [0.717, 1.165) is 16.4 Å². The predicted molar refractivity (Wildman–Crippen MR) is 64.5 cm³/mol. The van der Waals surface area contributed by atoms with Crippen molar-refractivity contribution < 1.29 is 19.1 Å². The summed E-state index contributed by atoms with van der Waals surface area (Å²) in [5.41, 5.74) is 1.45. The third-order valence-corrected chi connectivity index (χ3v) is 2.59. The van der Waals surface area contributed by atoms with Gasteiger partial charge in [-0.15, -0.1) is 0 Å². The zero-order chi connectivity index (χ0) is 11.8. The van der Waals surface area contributed by atoms with E-state index in [2.05, 4.69) is 0 Å². The molecule has 0 saturated carbocycles. The molecule has 0 fully saturated rings. The summed E-state index contributed by atoms with van der Waals surface area (Å²) >= 11 is 0. The average Bonchev–Trinajstić information content (AvgIpc) is 2.65. The second-order valence-corrected chi connectivity index (χ2v) is 3.70. The summed E-state index contributed by atoms with van der Waals surface area (Å²) in [6.07, 6.45) is 0. The molecule has 3 rings (SSSR count). The molecule has 0 aliphatic carbocycles. The zero-order valence-corrected chi connectivity index (χ0v) is 8.83. The van der Waals surface area contributed by atoms with Crippen LogP contribution in [0.5, 0.6) is 5.75 Å². The van der Waals surface area contributed by atoms with E-state index in [-0.39, 0.29) is 0 Å². The molecule has 0 unspecified atom stereocenters. The molecular weight excluding hydrogens is 219 g/mol. The highest BCUT2D eigenvalue weighted by atomic mass is 16.6. The van der Waals surface area contributed by atoms with Crippen LogP contribution in [0.2, 0.25) is 0 Å². The van der Waals surface area contributed by atoms with Gasteiger partial charge in [0.2, 0.25) is 0 Å². The quantitative estimate of drug-likeness (QED) is 0.658. The largest absolute Gasteiger partial charge is 0.707 e. The predicted octanol–water partition coefficient (Wildman–Crippen LogP) is 1.93. The van der Waals surface area contributed by atoms with Crippen molar-refractivity contribution in [1.29, 1.82) is 0 Å². The lowest BCUT2D eigenvalue weighted by Crippen LogP contribution is -2.20. The molecule has 4 nitrogen and oxygen atoms in total. The number of benzene rings is 2. The second-order valence-electron chi connectivity index (χ2n) is 3.70. The molecule has 84 valence electrons. The highest BCUT2D eigenvalue weighted by Gasteiger charge is 2.13. The average molecular weight is 228 g/mol. The Bertz CT molecular complexity index is 674. The Labute approximate surface area is 97.2 Å². The summed E-state index contributed by atoms with van der Waals surface area (Å²) in [4.78, 5) is 0.